The zero-order chi connectivity index (χ0) is 18.9. The maximum Gasteiger partial charge on any atom is 0.244 e. The molecule has 1 aliphatic rings. The zero-order valence-corrected chi connectivity index (χ0v) is 17.7. The Kier molecular flexibility index (Phi) is 10.3. The lowest BCUT2D eigenvalue weighted by Crippen LogP contribution is -2.36. The predicted molar refractivity (Wildman–Crippen MR) is 113 cm³/mol. The molecule has 0 heterocycles. The quantitative estimate of drug-likeness (QED) is 0.679. The van der Waals surface area contributed by atoms with Crippen LogP contribution in [0.3, 0.4) is 0 Å². The smallest absolute Gasteiger partial charge is 0.244 e. The van der Waals surface area contributed by atoms with Crippen LogP contribution in [0.15, 0.2) is 24.3 Å². The van der Waals surface area contributed by atoms with E-state index < -0.39 is 0 Å². The maximum absolute atomic E-state index is 12.1. The van der Waals surface area contributed by atoms with Gasteiger partial charge in [-0.3, -0.25) is 4.79 Å². The first-order chi connectivity index (χ1) is 12.5. The molecule has 152 valence electrons. The maximum atomic E-state index is 12.1. The van der Waals surface area contributed by atoms with Crippen LogP contribution in [0, 0.1) is 5.92 Å². The number of likely N-dealkylation sites (N-methyl/N-ethyl adjacent to an activating group) is 1. The van der Waals surface area contributed by atoms with E-state index in [1.54, 1.807) is 13.2 Å². The van der Waals surface area contributed by atoms with E-state index in [1.807, 2.05) is 38.4 Å². The van der Waals surface area contributed by atoms with Gasteiger partial charge >= 0.3 is 0 Å². The van der Waals surface area contributed by atoms with Crippen molar-refractivity contribution in [2.45, 2.75) is 38.6 Å². The SMILES string of the molecule is COc1cc(/C=C/C(=O)NC2CCC(C)CC2)ccc1OCCN(C)C.Cl. The van der Waals surface area contributed by atoms with Gasteiger partial charge in [-0.25, -0.2) is 0 Å². The first-order valence-corrected chi connectivity index (χ1v) is 9.42. The summed E-state index contributed by atoms with van der Waals surface area (Å²) in [5.41, 5.74) is 0.911. The van der Waals surface area contributed by atoms with E-state index in [4.69, 9.17) is 9.47 Å². The third-order valence-electron chi connectivity index (χ3n) is 4.77. The second-order valence-corrected chi connectivity index (χ2v) is 7.36. The van der Waals surface area contributed by atoms with Gasteiger partial charge in [-0.05, 0) is 69.5 Å². The fourth-order valence-electron chi connectivity index (χ4n) is 3.07. The van der Waals surface area contributed by atoms with Gasteiger partial charge in [-0.15, -0.1) is 12.4 Å². The van der Waals surface area contributed by atoms with Crippen molar-refractivity contribution in [2.24, 2.45) is 5.92 Å². The number of carbonyl (C=O) groups is 1. The van der Waals surface area contributed by atoms with Gasteiger partial charge in [0.1, 0.15) is 6.61 Å². The molecule has 1 amide bonds. The molecule has 1 N–H and O–H groups in total. The lowest BCUT2D eigenvalue weighted by Gasteiger charge is -2.26. The minimum Gasteiger partial charge on any atom is -0.493 e. The van der Waals surface area contributed by atoms with Gasteiger partial charge in [0.2, 0.25) is 5.91 Å². The molecule has 0 atom stereocenters. The molecule has 0 radical (unpaired) electrons. The van der Waals surface area contributed by atoms with Gasteiger partial charge < -0.3 is 19.7 Å². The number of rotatable bonds is 8. The van der Waals surface area contributed by atoms with Gasteiger partial charge in [0.05, 0.1) is 7.11 Å². The van der Waals surface area contributed by atoms with Crippen LogP contribution in [0.4, 0.5) is 0 Å². The zero-order valence-electron chi connectivity index (χ0n) is 16.9. The van der Waals surface area contributed by atoms with Crippen LogP contribution in [-0.2, 0) is 4.79 Å². The van der Waals surface area contributed by atoms with E-state index in [1.165, 1.54) is 12.8 Å². The van der Waals surface area contributed by atoms with Crippen LogP contribution in [0.1, 0.15) is 38.2 Å². The third-order valence-corrected chi connectivity index (χ3v) is 4.77. The molecule has 5 nitrogen and oxygen atoms in total. The summed E-state index contributed by atoms with van der Waals surface area (Å²) in [4.78, 5) is 14.2. The normalized spacial score (nSPS) is 19.6. The Hall–Kier alpha value is -1.72. The molecule has 0 saturated heterocycles. The van der Waals surface area contributed by atoms with Crippen LogP contribution < -0.4 is 14.8 Å². The molecule has 2 rings (SSSR count). The van der Waals surface area contributed by atoms with E-state index in [0.717, 1.165) is 30.9 Å². The van der Waals surface area contributed by atoms with Crippen molar-refractivity contribution < 1.29 is 14.3 Å². The second-order valence-electron chi connectivity index (χ2n) is 7.36. The molecule has 1 aromatic rings. The summed E-state index contributed by atoms with van der Waals surface area (Å²) in [6.45, 7) is 3.71. The highest BCUT2D eigenvalue weighted by Gasteiger charge is 2.18. The number of carbonyl (C=O) groups excluding carboxylic acids is 1. The number of methoxy groups -OCH3 is 1. The number of halogens is 1. The molecule has 27 heavy (non-hydrogen) atoms. The molecule has 1 fully saturated rings. The van der Waals surface area contributed by atoms with Gasteiger partial charge in [-0.2, -0.15) is 0 Å². The van der Waals surface area contributed by atoms with Crippen molar-refractivity contribution in [3.05, 3.63) is 29.8 Å². The lowest BCUT2D eigenvalue weighted by atomic mass is 9.87. The van der Waals surface area contributed by atoms with Crippen molar-refractivity contribution in [2.75, 3.05) is 34.4 Å². The Morgan fingerprint density at radius 2 is 1.93 bits per heavy atom. The lowest BCUT2D eigenvalue weighted by molar-refractivity contribution is -0.117. The molecular weight excluding hydrogens is 364 g/mol. The van der Waals surface area contributed by atoms with Crippen LogP contribution in [0.25, 0.3) is 6.08 Å². The minimum absolute atomic E-state index is 0. The van der Waals surface area contributed by atoms with Gasteiger partial charge in [0, 0.05) is 18.7 Å². The molecule has 0 unspecified atom stereocenters. The van der Waals surface area contributed by atoms with Crippen LogP contribution >= 0.6 is 12.4 Å². The number of nitrogens with zero attached hydrogens (tertiary/aromatic N) is 1. The Labute approximate surface area is 169 Å². The Morgan fingerprint density at radius 1 is 1.22 bits per heavy atom. The van der Waals surface area contributed by atoms with E-state index >= 15 is 0 Å². The molecule has 1 saturated carbocycles. The molecule has 0 aromatic heterocycles. The molecule has 6 heteroatoms. The van der Waals surface area contributed by atoms with Crippen molar-refractivity contribution in [3.63, 3.8) is 0 Å². The summed E-state index contributed by atoms with van der Waals surface area (Å²) in [5, 5.41) is 3.10. The Balaban J connectivity index is 0.00000364. The fraction of sp³-hybridized carbons (Fsp3) is 0.571. The third kappa shape index (κ3) is 8.22. The number of hydrogen-bond donors (Lipinski definition) is 1. The van der Waals surface area contributed by atoms with Crippen molar-refractivity contribution in [1.29, 1.82) is 0 Å². The molecule has 0 bridgehead atoms. The number of hydrogen-bond acceptors (Lipinski definition) is 4. The number of benzene rings is 1. The van der Waals surface area contributed by atoms with E-state index in [9.17, 15) is 4.79 Å². The van der Waals surface area contributed by atoms with Crippen molar-refractivity contribution in [3.8, 4) is 11.5 Å². The van der Waals surface area contributed by atoms with Crippen LogP contribution in [-0.4, -0.2) is 51.2 Å². The summed E-state index contributed by atoms with van der Waals surface area (Å²) in [6, 6.07) is 6.01. The summed E-state index contributed by atoms with van der Waals surface area (Å²) >= 11 is 0. The standard InChI is InChI=1S/C21H32N2O3.ClH/c1-16-5-9-18(10-6-16)22-21(24)12-8-17-7-11-19(20(15-17)25-4)26-14-13-23(2)3;/h7-8,11-12,15-16,18H,5-6,9-10,13-14H2,1-4H3,(H,22,24);1H/b12-8+;. The topological polar surface area (TPSA) is 50.8 Å². The first-order valence-electron chi connectivity index (χ1n) is 9.42. The second kappa shape index (κ2) is 11.9. The van der Waals surface area contributed by atoms with Crippen LogP contribution in [0.2, 0.25) is 0 Å². The average molecular weight is 397 g/mol. The monoisotopic (exact) mass is 396 g/mol. The average Bonchev–Trinajstić information content (AvgIpc) is 2.62. The summed E-state index contributed by atoms with van der Waals surface area (Å²) in [5.74, 6) is 2.14. The van der Waals surface area contributed by atoms with E-state index in [-0.39, 0.29) is 18.3 Å². The molecule has 1 aliphatic carbocycles. The van der Waals surface area contributed by atoms with Crippen molar-refractivity contribution in [1.82, 2.24) is 10.2 Å². The number of amides is 1. The highest BCUT2D eigenvalue weighted by Crippen LogP contribution is 2.28. The predicted octanol–water partition coefficient (Wildman–Crippen LogP) is 3.77. The van der Waals surface area contributed by atoms with Gasteiger partial charge in [0.15, 0.2) is 11.5 Å². The number of nitrogens with one attached hydrogen (secondary N) is 1. The molecular formula is C21H33ClN2O3. The highest BCUT2D eigenvalue weighted by atomic mass is 35.5. The van der Waals surface area contributed by atoms with Gasteiger partial charge in [-0.1, -0.05) is 13.0 Å². The summed E-state index contributed by atoms with van der Waals surface area (Å²) in [7, 11) is 5.64. The molecule has 0 aliphatic heterocycles. The number of ether oxygens (including phenoxy) is 2. The Bertz CT molecular complexity index is 611. The van der Waals surface area contributed by atoms with Crippen LogP contribution in [0.5, 0.6) is 11.5 Å². The largest absolute Gasteiger partial charge is 0.493 e. The first kappa shape index (κ1) is 23.3. The van der Waals surface area contributed by atoms with Gasteiger partial charge in [0.25, 0.3) is 0 Å². The highest BCUT2D eigenvalue weighted by molar-refractivity contribution is 5.92. The summed E-state index contributed by atoms with van der Waals surface area (Å²) < 4.78 is 11.2. The Morgan fingerprint density at radius 3 is 2.56 bits per heavy atom. The summed E-state index contributed by atoms with van der Waals surface area (Å²) in [6.07, 6.45) is 7.95. The minimum atomic E-state index is -0.0326. The van der Waals surface area contributed by atoms with E-state index in [2.05, 4.69) is 17.1 Å². The fourth-order valence-corrected chi connectivity index (χ4v) is 3.07. The molecule has 1 aromatic carbocycles. The van der Waals surface area contributed by atoms with Crippen molar-refractivity contribution >= 4 is 24.4 Å². The molecule has 0 spiro atoms. The van der Waals surface area contributed by atoms with E-state index in [0.29, 0.717) is 24.1 Å².